The topological polar surface area (TPSA) is 36.2 Å². The van der Waals surface area contributed by atoms with Crippen LogP contribution in [0, 0.1) is 5.53 Å². The molecule has 0 aliphatic heterocycles. The molecule has 9 heavy (non-hydrogen) atoms. The summed E-state index contributed by atoms with van der Waals surface area (Å²) in [7, 11) is 0. The smallest absolute Gasteiger partial charge is 0.0596 e. The Morgan fingerprint density at radius 3 is 2.33 bits per heavy atom. The second-order valence-electron chi connectivity index (χ2n) is 2.30. The highest BCUT2D eigenvalue weighted by Crippen LogP contribution is 2.01. The van der Waals surface area contributed by atoms with Crippen LogP contribution >= 0.6 is 0 Å². The zero-order valence-corrected chi connectivity index (χ0v) is 6.19. The summed E-state index contributed by atoms with van der Waals surface area (Å²) in [5.41, 5.74) is 6.51. The highest BCUT2D eigenvalue weighted by Gasteiger charge is 1.85. The molecule has 0 saturated heterocycles. The molecule has 0 heterocycles. The van der Waals surface area contributed by atoms with Gasteiger partial charge in [-0.05, 0) is 6.42 Å². The van der Waals surface area contributed by atoms with Crippen molar-refractivity contribution in [2.24, 2.45) is 5.11 Å². The summed E-state index contributed by atoms with van der Waals surface area (Å²) in [6, 6.07) is 0. The lowest BCUT2D eigenvalue weighted by Crippen LogP contribution is -1.79. The minimum absolute atomic E-state index is 0.726. The van der Waals surface area contributed by atoms with Crippen molar-refractivity contribution in [1.29, 1.82) is 5.53 Å². The summed E-state index contributed by atoms with van der Waals surface area (Å²) in [6.45, 7) is 2.93. The van der Waals surface area contributed by atoms with Crippen molar-refractivity contribution in [2.75, 3.05) is 6.54 Å². The van der Waals surface area contributed by atoms with Gasteiger partial charge in [0, 0.05) is 0 Å². The minimum Gasteiger partial charge on any atom is -0.210 e. The first-order chi connectivity index (χ1) is 4.41. The van der Waals surface area contributed by atoms with Gasteiger partial charge in [-0.3, -0.25) is 0 Å². The van der Waals surface area contributed by atoms with Gasteiger partial charge in [0.25, 0.3) is 0 Å². The van der Waals surface area contributed by atoms with Gasteiger partial charge in [-0.25, -0.2) is 5.53 Å². The molecule has 2 nitrogen and oxygen atoms in total. The van der Waals surface area contributed by atoms with Crippen molar-refractivity contribution in [3.8, 4) is 0 Å². The summed E-state index contributed by atoms with van der Waals surface area (Å²) in [6.07, 6.45) is 6.28. The molecule has 0 amide bonds. The van der Waals surface area contributed by atoms with Crippen molar-refractivity contribution >= 4 is 0 Å². The van der Waals surface area contributed by atoms with Gasteiger partial charge in [0.1, 0.15) is 0 Å². The van der Waals surface area contributed by atoms with Gasteiger partial charge in [0.2, 0.25) is 0 Å². The van der Waals surface area contributed by atoms with Gasteiger partial charge in [-0.1, -0.05) is 32.6 Å². The first-order valence-electron chi connectivity index (χ1n) is 3.75. The highest BCUT2D eigenvalue weighted by molar-refractivity contribution is 4.42. The molecule has 0 aromatic carbocycles. The second-order valence-corrected chi connectivity index (χ2v) is 2.30. The average molecular weight is 128 g/mol. The lowest BCUT2D eigenvalue weighted by atomic mass is 10.2. The van der Waals surface area contributed by atoms with Crippen molar-refractivity contribution in [3.63, 3.8) is 0 Å². The van der Waals surface area contributed by atoms with Crippen LogP contribution in [0.3, 0.4) is 0 Å². The average Bonchev–Trinajstić information content (AvgIpc) is 1.89. The van der Waals surface area contributed by atoms with E-state index in [4.69, 9.17) is 5.53 Å². The largest absolute Gasteiger partial charge is 0.210 e. The lowest BCUT2D eigenvalue weighted by molar-refractivity contribution is 0.629. The van der Waals surface area contributed by atoms with E-state index < -0.39 is 0 Å². The summed E-state index contributed by atoms with van der Waals surface area (Å²) < 4.78 is 0. The summed E-state index contributed by atoms with van der Waals surface area (Å²) >= 11 is 0. The SMILES string of the molecule is CCCCCCCN=N. The molecule has 0 aliphatic rings. The Morgan fingerprint density at radius 1 is 1.11 bits per heavy atom. The predicted octanol–water partition coefficient (Wildman–Crippen LogP) is 2.99. The van der Waals surface area contributed by atoms with Crippen LogP contribution in [0.2, 0.25) is 0 Å². The molecule has 0 rings (SSSR count). The molecular formula is C7H16N2. The zero-order chi connectivity index (χ0) is 6.95. The number of hydrogen-bond acceptors (Lipinski definition) is 2. The summed E-state index contributed by atoms with van der Waals surface area (Å²) in [5.74, 6) is 0. The van der Waals surface area contributed by atoms with E-state index in [0.717, 1.165) is 13.0 Å². The van der Waals surface area contributed by atoms with E-state index in [1.54, 1.807) is 0 Å². The third-order valence-corrected chi connectivity index (χ3v) is 1.37. The fraction of sp³-hybridized carbons (Fsp3) is 1.00. The molecule has 0 atom stereocenters. The van der Waals surface area contributed by atoms with Crippen LogP contribution in [0.15, 0.2) is 5.11 Å². The maximum Gasteiger partial charge on any atom is 0.0596 e. The molecule has 0 aliphatic carbocycles. The fourth-order valence-corrected chi connectivity index (χ4v) is 0.794. The molecule has 0 saturated carbocycles. The number of nitrogens with one attached hydrogen (secondary N) is 1. The molecule has 0 bridgehead atoms. The van der Waals surface area contributed by atoms with Crippen molar-refractivity contribution in [2.45, 2.75) is 39.0 Å². The summed E-state index contributed by atoms with van der Waals surface area (Å²) in [4.78, 5) is 0. The van der Waals surface area contributed by atoms with Crippen molar-refractivity contribution in [3.05, 3.63) is 0 Å². The zero-order valence-electron chi connectivity index (χ0n) is 6.19. The standard InChI is InChI=1S/C7H16N2/c1-2-3-4-5-6-7-9-8/h8H,2-7H2,1H3. The van der Waals surface area contributed by atoms with E-state index >= 15 is 0 Å². The van der Waals surface area contributed by atoms with Gasteiger partial charge < -0.3 is 0 Å². The van der Waals surface area contributed by atoms with Gasteiger partial charge in [-0.15, -0.1) is 0 Å². The highest BCUT2D eigenvalue weighted by atomic mass is 14.9. The Morgan fingerprint density at radius 2 is 1.78 bits per heavy atom. The lowest BCUT2D eigenvalue weighted by Gasteiger charge is -1.93. The number of hydrogen-bond donors (Lipinski definition) is 1. The molecule has 0 unspecified atom stereocenters. The molecule has 0 aromatic rings. The Bertz CT molecular complexity index is 61.9. The van der Waals surface area contributed by atoms with Gasteiger partial charge in [0.15, 0.2) is 0 Å². The van der Waals surface area contributed by atoms with Gasteiger partial charge >= 0.3 is 0 Å². The Balaban J connectivity index is 2.66. The van der Waals surface area contributed by atoms with E-state index in [1.165, 1.54) is 25.7 Å². The molecule has 0 spiro atoms. The normalized spacial score (nSPS) is 9.44. The van der Waals surface area contributed by atoms with E-state index in [9.17, 15) is 0 Å². The van der Waals surface area contributed by atoms with Crippen LogP contribution in [0.4, 0.5) is 0 Å². The Hall–Kier alpha value is -0.400. The summed E-state index contributed by atoms with van der Waals surface area (Å²) in [5, 5.41) is 3.28. The van der Waals surface area contributed by atoms with Gasteiger partial charge in [-0.2, -0.15) is 5.11 Å². The van der Waals surface area contributed by atoms with E-state index in [1.807, 2.05) is 0 Å². The second kappa shape index (κ2) is 7.60. The molecular weight excluding hydrogens is 112 g/mol. The predicted molar refractivity (Wildman–Crippen MR) is 38.8 cm³/mol. The van der Waals surface area contributed by atoms with E-state index in [-0.39, 0.29) is 0 Å². The third-order valence-electron chi connectivity index (χ3n) is 1.37. The minimum atomic E-state index is 0.726. The molecule has 0 fully saturated rings. The van der Waals surface area contributed by atoms with Crippen LogP contribution in [0.25, 0.3) is 0 Å². The Labute approximate surface area is 57.2 Å². The number of unbranched alkanes of at least 4 members (excludes halogenated alkanes) is 4. The number of rotatable bonds is 6. The first-order valence-corrected chi connectivity index (χ1v) is 3.75. The van der Waals surface area contributed by atoms with E-state index in [2.05, 4.69) is 12.0 Å². The maximum absolute atomic E-state index is 6.51. The molecule has 54 valence electrons. The van der Waals surface area contributed by atoms with Gasteiger partial charge in [0.05, 0.1) is 6.54 Å². The molecule has 1 N–H and O–H groups in total. The van der Waals surface area contributed by atoms with Crippen molar-refractivity contribution < 1.29 is 0 Å². The quantitative estimate of drug-likeness (QED) is 0.421. The fourth-order valence-electron chi connectivity index (χ4n) is 0.794. The van der Waals surface area contributed by atoms with Crippen LogP contribution in [-0.4, -0.2) is 6.54 Å². The molecule has 2 heteroatoms. The van der Waals surface area contributed by atoms with Crippen LogP contribution in [0.5, 0.6) is 0 Å². The third kappa shape index (κ3) is 7.60. The van der Waals surface area contributed by atoms with Crippen LogP contribution < -0.4 is 0 Å². The molecule has 0 radical (unpaired) electrons. The Kier molecular flexibility index (Phi) is 7.26. The van der Waals surface area contributed by atoms with Crippen LogP contribution in [0.1, 0.15) is 39.0 Å². The first kappa shape index (κ1) is 8.60. The number of nitrogens with zero attached hydrogens (tertiary/aromatic N) is 1. The monoisotopic (exact) mass is 128 g/mol. The maximum atomic E-state index is 6.51. The van der Waals surface area contributed by atoms with E-state index in [0.29, 0.717) is 0 Å². The molecule has 0 aromatic heterocycles. The van der Waals surface area contributed by atoms with Crippen LogP contribution in [-0.2, 0) is 0 Å². The van der Waals surface area contributed by atoms with Crippen molar-refractivity contribution in [1.82, 2.24) is 0 Å².